The van der Waals surface area contributed by atoms with Gasteiger partial charge in [0.2, 0.25) is 5.91 Å². The van der Waals surface area contributed by atoms with Crippen molar-refractivity contribution in [3.8, 4) is 6.07 Å². The van der Waals surface area contributed by atoms with E-state index in [-0.39, 0.29) is 30.5 Å². The van der Waals surface area contributed by atoms with Crippen molar-refractivity contribution in [2.45, 2.75) is 43.9 Å². The number of fused-ring (bicyclic) bond motifs is 2. The first-order chi connectivity index (χ1) is 15.5. The van der Waals surface area contributed by atoms with Crippen LogP contribution in [0.2, 0.25) is 0 Å². The molecule has 2 aliphatic heterocycles. The van der Waals surface area contributed by atoms with Gasteiger partial charge in [-0.15, -0.1) is 0 Å². The molecule has 3 heterocycles. The number of halogens is 2. The molecule has 1 saturated carbocycles. The second kappa shape index (κ2) is 8.47. The molecule has 0 N–H and O–H groups in total. The molecule has 0 spiro atoms. The number of rotatable bonds is 6. The van der Waals surface area contributed by atoms with Gasteiger partial charge < -0.3 is 14.5 Å². The molecule has 32 heavy (non-hydrogen) atoms. The van der Waals surface area contributed by atoms with E-state index >= 15 is 0 Å². The van der Waals surface area contributed by atoms with Gasteiger partial charge in [0.25, 0.3) is 0 Å². The van der Waals surface area contributed by atoms with Crippen LogP contribution in [-0.4, -0.2) is 47.6 Å². The lowest BCUT2D eigenvalue weighted by atomic mass is 10.0. The molecule has 6 nitrogen and oxygen atoms in total. The summed E-state index contributed by atoms with van der Waals surface area (Å²) < 4.78 is 33.0. The van der Waals surface area contributed by atoms with Crippen molar-refractivity contribution in [3.63, 3.8) is 0 Å². The predicted molar refractivity (Wildman–Crippen MR) is 113 cm³/mol. The van der Waals surface area contributed by atoms with E-state index in [0.29, 0.717) is 24.2 Å². The molecule has 2 saturated heterocycles. The zero-order chi connectivity index (χ0) is 22.2. The number of ether oxygens (including phenoxy) is 1. The van der Waals surface area contributed by atoms with Gasteiger partial charge in [-0.05, 0) is 61.4 Å². The van der Waals surface area contributed by atoms with E-state index < -0.39 is 17.7 Å². The summed E-state index contributed by atoms with van der Waals surface area (Å²) in [6, 6.07) is 9.91. The topological polar surface area (TPSA) is 69.5 Å². The highest BCUT2D eigenvalue weighted by atomic mass is 19.2. The maximum absolute atomic E-state index is 13.7. The summed E-state index contributed by atoms with van der Waals surface area (Å²) >= 11 is 0. The lowest BCUT2D eigenvalue weighted by Crippen LogP contribution is -2.56. The number of carbonyl (C=O) groups excluding carboxylic acids is 1. The van der Waals surface area contributed by atoms with E-state index in [4.69, 9.17) is 10.00 Å². The molecular formula is C24H24F2N4O2. The third kappa shape index (κ3) is 4.05. The van der Waals surface area contributed by atoms with Crippen molar-refractivity contribution in [1.82, 2.24) is 9.88 Å². The zero-order valence-corrected chi connectivity index (χ0v) is 17.6. The van der Waals surface area contributed by atoms with Crippen molar-refractivity contribution < 1.29 is 18.3 Å². The minimum absolute atomic E-state index is 0.0747. The number of nitrogens with zero attached hydrogens (tertiary/aromatic N) is 4. The van der Waals surface area contributed by atoms with Gasteiger partial charge in [-0.1, -0.05) is 6.07 Å². The smallest absolute Gasteiger partial charge is 0.248 e. The molecule has 2 aromatic rings. The number of likely N-dealkylation sites (tertiary alicyclic amines) is 1. The number of amides is 1. The molecule has 166 valence electrons. The molecule has 3 fully saturated rings. The minimum Gasteiger partial charge on any atom is -0.363 e. The van der Waals surface area contributed by atoms with E-state index in [0.717, 1.165) is 37.6 Å². The van der Waals surface area contributed by atoms with Crippen LogP contribution in [-0.2, 0) is 9.53 Å². The van der Waals surface area contributed by atoms with Crippen LogP contribution in [0.5, 0.6) is 0 Å². The largest absolute Gasteiger partial charge is 0.363 e. The number of piperazine rings is 1. The van der Waals surface area contributed by atoms with Crippen molar-refractivity contribution in [1.29, 1.82) is 5.26 Å². The van der Waals surface area contributed by atoms with Crippen molar-refractivity contribution in [3.05, 3.63) is 59.3 Å². The summed E-state index contributed by atoms with van der Waals surface area (Å²) in [5.41, 5.74) is 1.11. The van der Waals surface area contributed by atoms with Crippen LogP contribution in [0.25, 0.3) is 0 Å². The zero-order valence-electron chi connectivity index (χ0n) is 17.6. The number of hydrogen-bond acceptors (Lipinski definition) is 5. The summed E-state index contributed by atoms with van der Waals surface area (Å²) in [6.45, 7) is 1.12. The molecule has 8 heteroatoms. The van der Waals surface area contributed by atoms with Crippen LogP contribution in [0.15, 0.2) is 36.5 Å². The van der Waals surface area contributed by atoms with Crippen LogP contribution in [0, 0.1) is 28.9 Å². The Morgan fingerprint density at radius 3 is 2.47 bits per heavy atom. The molecule has 3 aliphatic rings. The number of aromatic nitrogens is 1. The standard InChI is InChI=1S/C24H24F2N4O2/c25-20-7-4-17(9-21(20)26)24(16-2-3-16)32-14-23(31)29-12-18-5-6-19(13-29)30(18)22-8-1-15(10-27)11-28-22/h1,4,7-9,11,16,18-19,24H,2-3,5-6,12-14H2/t18-,19?,24?/m0/s1. The van der Waals surface area contributed by atoms with Crippen molar-refractivity contribution >= 4 is 11.7 Å². The first-order valence-electron chi connectivity index (χ1n) is 11.0. The van der Waals surface area contributed by atoms with Gasteiger partial charge in [-0.25, -0.2) is 13.8 Å². The van der Waals surface area contributed by atoms with Gasteiger partial charge in [-0.3, -0.25) is 4.79 Å². The van der Waals surface area contributed by atoms with Crippen molar-refractivity contribution in [2.24, 2.45) is 5.92 Å². The Bertz CT molecular complexity index is 1040. The van der Waals surface area contributed by atoms with Gasteiger partial charge in [0, 0.05) is 31.4 Å². The van der Waals surface area contributed by atoms with E-state index in [9.17, 15) is 13.6 Å². The monoisotopic (exact) mass is 438 g/mol. The van der Waals surface area contributed by atoms with Gasteiger partial charge in [0.15, 0.2) is 11.6 Å². The van der Waals surface area contributed by atoms with E-state index in [1.807, 2.05) is 11.0 Å². The number of benzene rings is 1. The Kier molecular flexibility index (Phi) is 5.51. The Morgan fingerprint density at radius 2 is 1.88 bits per heavy atom. The normalized spacial score (nSPS) is 23.2. The lowest BCUT2D eigenvalue weighted by Gasteiger charge is -2.41. The molecule has 3 atom stereocenters. The molecule has 2 unspecified atom stereocenters. The number of hydrogen-bond donors (Lipinski definition) is 0. The molecule has 0 radical (unpaired) electrons. The predicted octanol–water partition coefficient (Wildman–Crippen LogP) is 3.58. The summed E-state index contributed by atoms with van der Waals surface area (Å²) in [5, 5.41) is 8.98. The van der Waals surface area contributed by atoms with E-state index in [2.05, 4.69) is 16.0 Å². The molecule has 1 aromatic heterocycles. The van der Waals surface area contributed by atoms with Crippen LogP contribution < -0.4 is 4.90 Å². The van der Waals surface area contributed by atoms with Crippen LogP contribution in [0.1, 0.15) is 42.9 Å². The number of carbonyl (C=O) groups is 1. The Labute approximate surface area is 185 Å². The van der Waals surface area contributed by atoms with Gasteiger partial charge in [0.1, 0.15) is 18.5 Å². The molecule has 1 aromatic carbocycles. The Hall–Kier alpha value is -3.05. The highest BCUT2D eigenvalue weighted by molar-refractivity contribution is 5.78. The fourth-order valence-electron chi connectivity index (χ4n) is 4.93. The van der Waals surface area contributed by atoms with Crippen molar-refractivity contribution in [2.75, 3.05) is 24.6 Å². The fourth-order valence-corrected chi connectivity index (χ4v) is 4.93. The summed E-state index contributed by atoms with van der Waals surface area (Å²) in [4.78, 5) is 21.5. The minimum atomic E-state index is -0.896. The van der Waals surface area contributed by atoms with Gasteiger partial charge >= 0.3 is 0 Å². The highest BCUT2D eigenvalue weighted by Gasteiger charge is 2.42. The first-order valence-corrected chi connectivity index (χ1v) is 11.0. The number of nitriles is 1. The fraction of sp³-hybridized carbons (Fsp3) is 0.458. The van der Waals surface area contributed by atoms with Crippen LogP contribution in [0.4, 0.5) is 14.6 Å². The molecular weight excluding hydrogens is 414 g/mol. The van der Waals surface area contributed by atoms with E-state index in [1.165, 1.54) is 12.1 Å². The summed E-state index contributed by atoms with van der Waals surface area (Å²) in [6.07, 6.45) is 5.06. The summed E-state index contributed by atoms with van der Waals surface area (Å²) in [5.74, 6) is -0.783. The average molecular weight is 438 g/mol. The Morgan fingerprint density at radius 1 is 1.12 bits per heavy atom. The lowest BCUT2D eigenvalue weighted by molar-refractivity contribution is -0.139. The molecule has 2 bridgehead atoms. The third-order valence-electron chi connectivity index (χ3n) is 6.69. The molecule has 5 rings (SSSR count). The highest BCUT2D eigenvalue weighted by Crippen LogP contribution is 2.43. The number of anilines is 1. The maximum atomic E-state index is 13.7. The average Bonchev–Trinajstić information content (AvgIpc) is 3.61. The van der Waals surface area contributed by atoms with Crippen LogP contribution in [0.3, 0.4) is 0 Å². The quantitative estimate of drug-likeness (QED) is 0.690. The SMILES string of the molecule is N#Cc1ccc(N2C3CC[C@H]2CN(C(=O)COC(c2ccc(F)c(F)c2)C2CC2)C3)nc1. The molecule has 1 aliphatic carbocycles. The maximum Gasteiger partial charge on any atom is 0.248 e. The summed E-state index contributed by atoms with van der Waals surface area (Å²) in [7, 11) is 0. The molecule has 1 amide bonds. The Balaban J connectivity index is 1.22. The van der Waals surface area contributed by atoms with Gasteiger partial charge in [-0.2, -0.15) is 5.26 Å². The third-order valence-corrected chi connectivity index (χ3v) is 6.69. The van der Waals surface area contributed by atoms with E-state index in [1.54, 1.807) is 12.3 Å². The number of pyridine rings is 1. The second-order valence-corrected chi connectivity index (χ2v) is 8.85. The van der Waals surface area contributed by atoms with Crippen LogP contribution >= 0.6 is 0 Å². The second-order valence-electron chi connectivity index (χ2n) is 8.85. The first kappa shape index (κ1) is 20.8. The van der Waals surface area contributed by atoms with Gasteiger partial charge in [0.05, 0.1) is 11.7 Å².